The lowest BCUT2D eigenvalue weighted by molar-refractivity contribution is 0.0265. The number of hydrogen-bond donors (Lipinski definition) is 2. The second-order valence-corrected chi connectivity index (χ2v) is 6.51. The Morgan fingerprint density at radius 1 is 1.37 bits per heavy atom. The van der Waals surface area contributed by atoms with Crippen LogP contribution in [-0.2, 0) is 0 Å². The Morgan fingerprint density at radius 2 is 2.26 bits per heavy atom. The van der Waals surface area contributed by atoms with Crippen LogP contribution >= 0.6 is 0 Å². The molecule has 2 heterocycles. The summed E-state index contributed by atoms with van der Waals surface area (Å²) in [4.78, 5) is 14.2. The summed E-state index contributed by atoms with van der Waals surface area (Å²) in [5.74, 6) is 1.56. The lowest BCUT2D eigenvalue weighted by Crippen LogP contribution is -2.62. The maximum absolute atomic E-state index is 12.1. The van der Waals surface area contributed by atoms with Crippen LogP contribution in [0.25, 0.3) is 0 Å². The molecule has 0 aromatic rings. The maximum Gasteiger partial charge on any atom is 0.317 e. The van der Waals surface area contributed by atoms with Crippen LogP contribution in [-0.4, -0.2) is 42.6 Å². The highest BCUT2D eigenvalue weighted by Crippen LogP contribution is 2.51. The van der Waals surface area contributed by atoms with Crippen LogP contribution < -0.4 is 10.6 Å². The molecule has 0 spiro atoms. The molecule has 19 heavy (non-hydrogen) atoms. The molecule has 3 fully saturated rings. The third-order valence-electron chi connectivity index (χ3n) is 5.55. The van der Waals surface area contributed by atoms with E-state index in [4.69, 9.17) is 0 Å². The standard InChI is InChI=1S/C15H27N3O/c1-2-8-16-14(19)18-10-3-4-13(11-18)15-7-5-12(15)6-9-17-15/h12-13,17H,2-11H2,1H3,(H,16,19). The molecule has 0 radical (unpaired) electrons. The second kappa shape index (κ2) is 5.31. The summed E-state index contributed by atoms with van der Waals surface area (Å²) in [6, 6.07) is 0.150. The number of carbonyl (C=O) groups is 1. The number of likely N-dealkylation sites (tertiary alicyclic amines) is 1. The first kappa shape index (κ1) is 13.2. The van der Waals surface area contributed by atoms with Gasteiger partial charge in [0.2, 0.25) is 0 Å². The van der Waals surface area contributed by atoms with E-state index < -0.39 is 0 Å². The SMILES string of the molecule is CCCNC(=O)N1CCCC(C23CCC2CCN3)C1. The predicted molar refractivity (Wildman–Crippen MR) is 76.1 cm³/mol. The van der Waals surface area contributed by atoms with Gasteiger partial charge in [-0.05, 0) is 56.9 Å². The number of fused-ring (bicyclic) bond motifs is 1. The summed E-state index contributed by atoms with van der Waals surface area (Å²) in [5, 5.41) is 6.81. The van der Waals surface area contributed by atoms with Crippen LogP contribution in [0, 0.1) is 11.8 Å². The van der Waals surface area contributed by atoms with Crippen LogP contribution in [0.5, 0.6) is 0 Å². The Hall–Kier alpha value is -0.770. The van der Waals surface area contributed by atoms with Crippen molar-refractivity contribution >= 4 is 6.03 Å². The van der Waals surface area contributed by atoms with E-state index in [9.17, 15) is 4.79 Å². The molecular weight excluding hydrogens is 238 g/mol. The van der Waals surface area contributed by atoms with E-state index in [0.29, 0.717) is 11.5 Å². The maximum atomic E-state index is 12.1. The highest BCUT2D eigenvalue weighted by Gasteiger charge is 2.54. The van der Waals surface area contributed by atoms with Crippen LogP contribution in [0.4, 0.5) is 4.79 Å². The molecule has 0 bridgehead atoms. The summed E-state index contributed by atoms with van der Waals surface area (Å²) in [5.41, 5.74) is 0.393. The van der Waals surface area contributed by atoms with Gasteiger partial charge in [0.1, 0.15) is 0 Å². The van der Waals surface area contributed by atoms with Gasteiger partial charge in [0, 0.05) is 25.2 Å². The van der Waals surface area contributed by atoms with Gasteiger partial charge in [0.15, 0.2) is 0 Å². The zero-order chi connectivity index (χ0) is 13.3. The van der Waals surface area contributed by atoms with Gasteiger partial charge in [-0.15, -0.1) is 0 Å². The Morgan fingerprint density at radius 3 is 2.95 bits per heavy atom. The molecule has 1 saturated carbocycles. The minimum absolute atomic E-state index is 0.150. The number of carbonyl (C=O) groups excluding carboxylic acids is 1. The highest BCUT2D eigenvalue weighted by molar-refractivity contribution is 5.74. The number of hydrogen-bond acceptors (Lipinski definition) is 2. The lowest BCUT2D eigenvalue weighted by Gasteiger charge is -2.53. The molecule has 108 valence electrons. The van der Waals surface area contributed by atoms with Crippen molar-refractivity contribution in [1.82, 2.24) is 15.5 Å². The fourth-order valence-corrected chi connectivity index (χ4v) is 4.38. The third kappa shape index (κ3) is 2.24. The number of rotatable bonds is 3. The van der Waals surface area contributed by atoms with Crippen molar-refractivity contribution in [3.8, 4) is 0 Å². The molecule has 4 nitrogen and oxygen atoms in total. The quantitative estimate of drug-likeness (QED) is 0.819. The monoisotopic (exact) mass is 265 g/mol. The minimum Gasteiger partial charge on any atom is -0.338 e. The van der Waals surface area contributed by atoms with E-state index in [1.165, 1.54) is 38.6 Å². The summed E-state index contributed by atoms with van der Waals surface area (Å²) in [6.45, 7) is 5.97. The molecule has 0 aromatic carbocycles. The van der Waals surface area contributed by atoms with Crippen molar-refractivity contribution in [1.29, 1.82) is 0 Å². The van der Waals surface area contributed by atoms with E-state index in [2.05, 4.69) is 17.6 Å². The summed E-state index contributed by atoms with van der Waals surface area (Å²) >= 11 is 0. The summed E-state index contributed by atoms with van der Waals surface area (Å²) in [6.07, 6.45) is 7.54. The van der Waals surface area contributed by atoms with Gasteiger partial charge in [-0.3, -0.25) is 0 Å². The average Bonchev–Trinajstić information content (AvgIpc) is 2.72. The highest BCUT2D eigenvalue weighted by atomic mass is 16.2. The number of urea groups is 1. The van der Waals surface area contributed by atoms with E-state index in [1.54, 1.807) is 0 Å². The molecule has 2 aliphatic heterocycles. The average molecular weight is 265 g/mol. The number of piperidine rings is 1. The molecule has 2 saturated heterocycles. The first-order chi connectivity index (χ1) is 9.26. The zero-order valence-electron chi connectivity index (χ0n) is 12.1. The third-order valence-corrected chi connectivity index (χ3v) is 5.55. The van der Waals surface area contributed by atoms with Crippen molar-refractivity contribution in [3.63, 3.8) is 0 Å². The predicted octanol–water partition coefficient (Wildman–Crippen LogP) is 1.96. The lowest BCUT2D eigenvalue weighted by atomic mass is 9.59. The van der Waals surface area contributed by atoms with Crippen molar-refractivity contribution < 1.29 is 4.79 Å². The van der Waals surface area contributed by atoms with Gasteiger partial charge in [0.25, 0.3) is 0 Å². The Balaban J connectivity index is 1.60. The number of nitrogens with one attached hydrogen (secondary N) is 2. The fraction of sp³-hybridized carbons (Fsp3) is 0.933. The van der Waals surface area contributed by atoms with Crippen LogP contribution in [0.3, 0.4) is 0 Å². The van der Waals surface area contributed by atoms with E-state index in [-0.39, 0.29) is 6.03 Å². The van der Waals surface area contributed by atoms with E-state index in [0.717, 1.165) is 32.0 Å². The Bertz CT molecular complexity index is 346. The molecule has 0 aromatic heterocycles. The van der Waals surface area contributed by atoms with Crippen LogP contribution in [0.15, 0.2) is 0 Å². The molecular formula is C15H27N3O. The fourth-order valence-electron chi connectivity index (χ4n) is 4.38. The first-order valence-corrected chi connectivity index (χ1v) is 8.04. The van der Waals surface area contributed by atoms with Gasteiger partial charge in [-0.2, -0.15) is 0 Å². The molecule has 2 N–H and O–H groups in total. The second-order valence-electron chi connectivity index (χ2n) is 6.51. The molecule has 2 amide bonds. The normalized spacial score (nSPS) is 37.6. The van der Waals surface area contributed by atoms with Crippen LogP contribution in [0.2, 0.25) is 0 Å². The van der Waals surface area contributed by atoms with Crippen molar-refractivity contribution in [2.45, 2.75) is 51.0 Å². The topological polar surface area (TPSA) is 44.4 Å². The molecule has 1 aliphatic carbocycles. The molecule has 3 atom stereocenters. The number of amides is 2. The Kier molecular flexibility index (Phi) is 3.70. The van der Waals surface area contributed by atoms with E-state index >= 15 is 0 Å². The van der Waals surface area contributed by atoms with Gasteiger partial charge in [-0.25, -0.2) is 4.79 Å². The first-order valence-electron chi connectivity index (χ1n) is 8.04. The largest absolute Gasteiger partial charge is 0.338 e. The molecule has 3 rings (SSSR count). The summed E-state index contributed by atoms with van der Waals surface area (Å²) < 4.78 is 0. The number of nitrogens with zero attached hydrogens (tertiary/aromatic N) is 1. The van der Waals surface area contributed by atoms with Gasteiger partial charge in [0.05, 0.1) is 0 Å². The van der Waals surface area contributed by atoms with Gasteiger partial charge in [-0.1, -0.05) is 6.92 Å². The summed E-state index contributed by atoms with van der Waals surface area (Å²) in [7, 11) is 0. The van der Waals surface area contributed by atoms with Crippen molar-refractivity contribution in [2.75, 3.05) is 26.2 Å². The van der Waals surface area contributed by atoms with Gasteiger partial charge < -0.3 is 15.5 Å². The molecule has 4 heteroatoms. The zero-order valence-corrected chi connectivity index (χ0v) is 12.1. The van der Waals surface area contributed by atoms with Crippen LogP contribution in [0.1, 0.15) is 45.4 Å². The smallest absolute Gasteiger partial charge is 0.317 e. The molecule has 3 unspecified atom stereocenters. The van der Waals surface area contributed by atoms with E-state index in [1.807, 2.05) is 4.90 Å². The Labute approximate surface area is 116 Å². The van der Waals surface area contributed by atoms with Gasteiger partial charge >= 0.3 is 6.03 Å². The molecule has 3 aliphatic rings. The van der Waals surface area contributed by atoms with Crippen molar-refractivity contribution in [2.24, 2.45) is 11.8 Å². The minimum atomic E-state index is 0.150. The van der Waals surface area contributed by atoms with Crippen molar-refractivity contribution in [3.05, 3.63) is 0 Å².